The van der Waals surface area contributed by atoms with Crippen LogP contribution in [0, 0.1) is 0 Å². The normalized spacial score (nSPS) is 14.8. The Morgan fingerprint density at radius 3 is 2.25 bits per heavy atom. The Morgan fingerprint density at radius 1 is 1.12 bits per heavy atom. The Labute approximate surface area is 110 Å². The third kappa shape index (κ3) is 3.79. The van der Waals surface area contributed by atoms with Crippen LogP contribution in [-0.2, 0) is 0 Å². The molecule has 0 fully saturated rings. The first-order chi connectivity index (χ1) is 7.62. The summed E-state index contributed by atoms with van der Waals surface area (Å²) < 4.78 is 0. The zero-order valence-electron chi connectivity index (χ0n) is 10.1. The predicted octanol–water partition coefficient (Wildman–Crippen LogP) is 4.66. The van der Waals surface area contributed by atoms with Gasteiger partial charge in [-0.3, -0.25) is 0 Å². The maximum absolute atomic E-state index is 5.94. The van der Waals surface area contributed by atoms with Gasteiger partial charge in [0, 0.05) is 10.9 Å². The van der Waals surface area contributed by atoms with Crippen molar-refractivity contribution in [1.29, 1.82) is 0 Å². The molecule has 0 aliphatic heterocycles. The van der Waals surface area contributed by atoms with Crippen LogP contribution in [0.5, 0.6) is 0 Å². The first-order valence-electron chi connectivity index (χ1n) is 5.94. The highest BCUT2D eigenvalue weighted by Gasteiger charge is 2.27. The standard InChI is InChI=1S/C13H20Cl2Si/c1-3-10-16(2,11-4-9-14)13-7-5-12(15)6-8-13/h5-8H,3-4,9-11H2,1-2H3. The lowest BCUT2D eigenvalue weighted by atomic mass is 10.4. The topological polar surface area (TPSA) is 0 Å². The minimum atomic E-state index is -1.31. The predicted molar refractivity (Wildman–Crippen MR) is 77.9 cm³/mol. The lowest BCUT2D eigenvalue weighted by molar-refractivity contribution is 0.994. The molecule has 1 rings (SSSR count). The largest absolute Gasteiger partial charge is 0.127 e. The van der Waals surface area contributed by atoms with Gasteiger partial charge in [0.15, 0.2) is 0 Å². The Kier molecular flexibility index (Phi) is 5.88. The van der Waals surface area contributed by atoms with Gasteiger partial charge in [-0.25, -0.2) is 0 Å². The number of hydrogen-bond acceptors (Lipinski definition) is 0. The lowest BCUT2D eigenvalue weighted by Crippen LogP contribution is -2.44. The van der Waals surface area contributed by atoms with Crippen molar-refractivity contribution in [2.45, 2.75) is 38.4 Å². The molecule has 0 amide bonds. The van der Waals surface area contributed by atoms with Gasteiger partial charge >= 0.3 is 0 Å². The van der Waals surface area contributed by atoms with Crippen LogP contribution in [0.15, 0.2) is 24.3 Å². The molecule has 1 unspecified atom stereocenters. The van der Waals surface area contributed by atoms with Crippen LogP contribution in [-0.4, -0.2) is 14.0 Å². The van der Waals surface area contributed by atoms with E-state index in [0.717, 1.165) is 17.3 Å². The molecule has 0 saturated heterocycles. The van der Waals surface area contributed by atoms with Crippen molar-refractivity contribution in [3.05, 3.63) is 29.3 Å². The summed E-state index contributed by atoms with van der Waals surface area (Å²) in [6, 6.07) is 11.1. The van der Waals surface area contributed by atoms with Crippen LogP contribution < -0.4 is 5.19 Å². The van der Waals surface area contributed by atoms with E-state index in [2.05, 4.69) is 25.6 Å². The minimum absolute atomic E-state index is 0.778. The highest BCUT2D eigenvalue weighted by atomic mass is 35.5. The van der Waals surface area contributed by atoms with Crippen molar-refractivity contribution < 1.29 is 0 Å². The van der Waals surface area contributed by atoms with E-state index in [9.17, 15) is 0 Å². The molecule has 0 nitrogen and oxygen atoms in total. The number of halogens is 2. The first kappa shape index (κ1) is 14.1. The molecule has 1 aromatic rings. The average molecular weight is 275 g/mol. The second kappa shape index (κ2) is 6.68. The van der Waals surface area contributed by atoms with Gasteiger partial charge in [0.05, 0.1) is 8.07 Å². The van der Waals surface area contributed by atoms with Gasteiger partial charge in [-0.15, -0.1) is 11.6 Å². The molecule has 1 atom stereocenters. The van der Waals surface area contributed by atoms with Gasteiger partial charge in [-0.2, -0.15) is 0 Å². The zero-order chi connectivity index (χ0) is 12.0. The molecule has 0 bridgehead atoms. The fraction of sp³-hybridized carbons (Fsp3) is 0.538. The van der Waals surface area contributed by atoms with Crippen molar-refractivity contribution in [2.75, 3.05) is 5.88 Å². The highest BCUT2D eigenvalue weighted by Crippen LogP contribution is 2.21. The summed E-state index contributed by atoms with van der Waals surface area (Å²) in [5.74, 6) is 0.778. The third-order valence-electron chi connectivity index (χ3n) is 3.21. The summed E-state index contributed by atoms with van der Waals surface area (Å²) >= 11 is 11.8. The third-order valence-corrected chi connectivity index (χ3v) is 8.51. The van der Waals surface area contributed by atoms with E-state index in [-0.39, 0.29) is 0 Å². The molecule has 0 radical (unpaired) electrons. The van der Waals surface area contributed by atoms with E-state index in [1.165, 1.54) is 23.7 Å². The number of rotatable bonds is 6. The molecule has 3 heteroatoms. The van der Waals surface area contributed by atoms with Gasteiger partial charge < -0.3 is 0 Å². The average Bonchev–Trinajstić information content (AvgIpc) is 2.27. The van der Waals surface area contributed by atoms with E-state index in [0.29, 0.717) is 0 Å². The van der Waals surface area contributed by atoms with Gasteiger partial charge in [-0.05, 0) is 18.6 Å². The van der Waals surface area contributed by atoms with Crippen molar-refractivity contribution in [3.8, 4) is 0 Å². The van der Waals surface area contributed by atoms with Gasteiger partial charge in [0.1, 0.15) is 0 Å². The summed E-state index contributed by atoms with van der Waals surface area (Å²) in [6.07, 6.45) is 2.39. The highest BCUT2D eigenvalue weighted by molar-refractivity contribution is 6.90. The van der Waals surface area contributed by atoms with Crippen LogP contribution in [0.1, 0.15) is 19.8 Å². The van der Waals surface area contributed by atoms with Crippen molar-refractivity contribution in [1.82, 2.24) is 0 Å². The molecule has 0 saturated carbocycles. The molecule has 0 heterocycles. The Hall–Kier alpha value is 0.0169. The van der Waals surface area contributed by atoms with Crippen LogP contribution in [0.4, 0.5) is 0 Å². The number of alkyl halides is 1. The second-order valence-electron chi connectivity index (χ2n) is 4.61. The molecular weight excluding hydrogens is 255 g/mol. The Bertz CT molecular complexity index is 310. The van der Waals surface area contributed by atoms with Gasteiger partial charge in [-0.1, -0.05) is 60.9 Å². The van der Waals surface area contributed by atoms with E-state index >= 15 is 0 Å². The molecule has 0 aliphatic carbocycles. The van der Waals surface area contributed by atoms with Crippen molar-refractivity contribution >= 4 is 36.5 Å². The summed E-state index contributed by atoms with van der Waals surface area (Å²) in [5.41, 5.74) is 0. The van der Waals surface area contributed by atoms with Gasteiger partial charge in [0.2, 0.25) is 0 Å². The fourth-order valence-electron chi connectivity index (χ4n) is 2.27. The number of hydrogen-bond donors (Lipinski definition) is 0. The van der Waals surface area contributed by atoms with Crippen molar-refractivity contribution in [2.24, 2.45) is 0 Å². The van der Waals surface area contributed by atoms with Crippen molar-refractivity contribution in [3.63, 3.8) is 0 Å². The summed E-state index contributed by atoms with van der Waals surface area (Å²) in [6.45, 7) is 4.73. The van der Waals surface area contributed by atoms with E-state index in [1.54, 1.807) is 0 Å². The molecule has 1 aromatic carbocycles. The first-order valence-corrected chi connectivity index (χ1v) is 9.77. The quantitative estimate of drug-likeness (QED) is 0.523. The maximum atomic E-state index is 5.94. The maximum Gasteiger partial charge on any atom is 0.0837 e. The SMILES string of the molecule is CCC[Si](C)(CCCCl)c1ccc(Cl)cc1. The van der Waals surface area contributed by atoms with Crippen LogP contribution in [0.25, 0.3) is 0 Å². The molecular formula is C13H20Cl2Si. The smallest absolute Gasteiger partial charge is 0.0837 e. The van der Waals surface area contributed by atoms with Gasteiger partial charge in [0.25, 0.3) is 0 Å². The summed E-state index contributed by atoms with van der Waals surface area (Å²) in [7, 11) is -1.31. The van der Waals surface area contributed by atoms with E-state index in [1.807, 2.05) is 12.1 Å². The monoisotopic (exact) mass is 274 g/mol. The molecule has 0 spiro atoms. The molecule has 16 heavy (non-hydrogen) atoms. The van der Waals surface area contributed by atoms with Crippen LogP contribution in [0.2, 0.25) is 23.7 Å². The lowest BCUT2D eigenvalue weighted by Gasteiger charge is -2.27. The zero-order valence-corrected chi connectivity index (χ0v) is 12.6. The fourth-order valence-corrected chi connectivity index (χ4v) is 6.62. The van der Waals surface area contributed by atoms with E-state index in [4.69, 9.17) is 23.2 Å². The Morgan fingerprint density at radius 2 is 1.75 bits per heavy atom. The summed E-state index contributed by atoms with van der Waals surface area (Å²) in [4.78, 5) is 0. The van der Waals surface area contributed by atoms with Crippen LogP contribution >= 0.6 is 23.2 Å². The molecule has 90 valence electrons. The molecule has 0 aromatic heterocycles. The second-order valence-corrected chi connectivity index (χ2v) is 10.1. The summed E-state index contributed by atoms with van der Waals surface area (Å²) in [5, 5.41) is 2.35. The number of benzene rings is 1. The molecule has 0 aliphatic rings. The minimum Gasteiger partial charge on any atom is -0.127 e. The van der Waals surface area contributed by atoms with E-state index < -0.39 is 8.07 Å². The Balaban J connectivity index is 2.86. The molecule has 0 N–H and O–H groups in total. The van der Waals surface area contributed by atoms with Crippen LogP contribution in [0.3, 0.4) is 0 Å².